The molecule has 1 aliphatic heterocycles. The van der Waals surface area contributed by atoms with Crippen LogP contribution in [0.15, 0.2) is 65.3 Å². The highest BCUT2D eigenvalue weighted by atomic mass is 16.3. The number of carbonyl (C=O) groups is 3. The van der Waals surface area contributed by atoms with Gasteiger partial charge in [-0.25, -0.2) is 0 Å². The third-order valence-corrected chi connectivity index (χ3v) is 5.41. The van der Waals surface area contributed by atoms with Crippen molar-refractivity contribution < 1.29 is 18.8 Å². The Morgan fingerprint density at radius 3 is 2.45 bits per heavy atom. The molecule has 1 atom stereocenters. The van der Waals surface area contributed by atoms with Gasteiger partial charge in [-0.1, -0.05) is 18.2 Å². The standard InChI is InChI=1S/C24H23N3O4/c1-15-14-26(24(30)22-8-5-11-31-22)21-13-18(9-10-20(21)27(15)16(2)28)17-6-4-7-19(12-17)23(29)25-3/h4-13,15H,14H2,1-3H3,(H,25,29)/t15-/m0/s1. The molecule has 1 N–H and O–H groups in total. The predicted molar refractivity (Wildman–Crippen MR) is 118 cm³/mol. The van der Waals surface area contributed by atoms with Crippen LogP contribution >= 0.6 is 0 Å². The molecule has 0 bridgehead atoms. The van der Waals surface area contributed by atoms with E-state index in [0.29, 0.717) is 23.5 Å². The second-order valence-corrected chi connectivity index (χ2v) is 7.49. The Hall–Kier alpha value is -3.87. The molecule has 7 nitrogen and oxygen atoms in total. The molecule has 7 heteroatoms. The summed E-state index contributed by atoms with van der Waals surface area (Å²) >= 11 is 0. The molecule has 31 heavy (non-hydrogen) atoms. The highest BCUT2D eigenvalue weighted by molar-refractivity contribution is 6.10. The monoisotopic (exact) mass is 417 g/mol. The summed E-state index contributed by atoms with van der Waals surface area (Å²) in [5.74, 6) is -0.293. The molecule has 3 aromatic rings. The Morgan fingerprint density at radius 1 is 1.00 bits per heavy atom. The second-order valence-electron chi connectivity index (χ2n) is 7.49. The number of benzene rings is 2. The van der Waals surface area contributed by atoms with Crippen LogP contribution in [-0.2, 0) is 4.79 Å². The average molecular weight is 417 g/mol. The van der Waals surface area contributed by atoms with E-state index >= 15 is 0 Å². The van der Waals surface area contributed by atoms with Gasteiger partial charge in [0.15, 0.2) is 5.76 Å². The minimum Gasteiger partial charge on any atom is -0.459 e. The first-order valence-corrected chi connectivity index (χ1v) is 10.0. The highest BCUT2D eigenvalue weighted by Crippen LogP contribution is 2.39. The molecule has 2 heterocycles. The number of amides is 3. The summed E-state index contributed by atoms with van der Waals surface area (Å²) in [6.07, 6.45) is 1.46. The summed E-state index contributed by atoms with van der Waals surface area (Å²) in [5.41, 5.74) is 3.50. The van der Waals surface area contributed by atoms with Crippen molar-refractivity contribution in [1.29, 1.82) is 0 Å². The summed E-state index contributed by atoms with van der Waals surface area (Å²) in [5, 5.41) is 2.62. The topological polar surface area (TPSA) is 82.9 Å². The molecule has 1 aliphatic rings. The van der Waals surface area contributed by atoms with Crippen LogP contribution in [-0.4, -0.2) is 37.4 Å². The normalized spacial score (nSPS) is 15.4. The Balaban J connectivity index is 1.83. The van der Waals surface area contributed by atoms with Crippen molar-refractivity contribution in [3.63, 3.8) is 0 Å². The smallest absolute Gasteiger partial charge is 0.294 e. The third kappa shape index (κ3) is 3.70. The van der Waals surface area contributed by atoms with E-state index in [1.54, 1.807) is 41.1 Å². The number of furan rings is 1. The lowest BCUT2D eigenvalue weighted by Gasteiger charge is -2.40. The Morgan fingerprint density at radius 2 is 1.77 bits per heavy atom. The Bertz CT molecular complexity index is 1150. The zero-order chi connectivity index (χ0) is 22.1. The summed E-state index contributed by atoms with van der Waals surface area (Å²) < 4.78 is 5.33. The largest absolute Gasteiger partial charge is 0.459 e. The zero-order valence-electron chi connectivity index (χ0n) is 17.6. The van der Waals surface area contributed by atoms with E-state index in [2.05, 4.69) is 5.32 Å². The minimum atomic E-state index is -0.266. The van der Waals surface area contributed by atoms with Crippen molar-refractivity contribution in [2.24, 2.45) is 0 Å². The first-order chi connectivity index (χ1) is 14.9. The summed E-state index contributed by atoms with van der Waals surface area (Å²) in [6, 6.07) is 16.0. The van der Waals surface area contributed by atoms with Crippen LogP contribution in [0.4, 0.5) is 11.4 Å². The minimum absolute atomic E-state index is 0.0896. The van der Waals surface area contributed by atoms with Gasteiger partial charge in [-0.2, -0.15) is 0 Å². The molecular weight excluding hydrogens is 394 g/mol. The van der Waals surface area contributed by atoms with E-state index in [4.69, 9.17) is 4.42 Å². The van der Waals surface area contributed by atoms with Gasteiger partial charge in [0, 0.05) is 26.1 Å². The maximum Gasteiger partial charge on any atom is 0.294 e. The molecule has 0 aliphatic carbocycles. The van der Waals surface area contributed by atoms with Crippen LogP contribution < -0.4 is 15.1 Å². The van der Waals surface area contributed by atoms with Crippen LogP contribution in [0, 0.1) is 0 Å². The Kier molecular flexibility index (Phi) is 5.33. The number of carbonyl (C=O) groups excluding carboxylic acids is 3. The lowest BCUT2D eigenvalue weighted by Crippen LogP contribution is -2.51. The third-order valence-electron chi connectivity index (χ3n) is 5.41. The van der Waals surface area contributed by atoms with E-state index in [-0.39, 0.29) is 29.5 Å². The molecule has 1 aromatic heterocycles. The van der Waals surface area contributed by atoms with E-state index in [1.807, 2.05) is 37.3 Å². The van der Waals surface area contributed by atoms with E-state index < -0.39 is 0 Å². The SMILES string of the molecule is CNC(=O)c1cccc(-c2ccc3c(c2)N(C(=O)c2ccco2)C[C@H](C)N3C(C)=O)c1. The van der Waals surface area contributed by atoms with Gasteiger partial charge >= 0.3 is 0 Å². The van der Waals surface area contributed by atoms with Crippen molar-refractivity contribution >= 4 is 29.1 Å². The van der Waals surface area contributed by atoms with Gasteiger partial charge < -0.3 is 19.5 Å². The molecule has 2 aromatic carbocycles. The lowest BCUT2D eigenvalue weighted by atomic mass is 9.99. The summed E-state index contributed by atoms with van der Waals surface area (Å²) in [7, 11) is 1.59. The van der Waals surface area contributed by atoms with Gasteiger partial charge in [-0.3, -0.25) is 14.4 Å². The molecule has 0 unspecified atom stereocenters. The molecule has 158 valence electrons. The first kappa shape index (κ1) is 20.4. The van der Waals surface area contributed by atoms with Crippen LogP contribution in [0.5, 0.6) is 0 Å². The fraction of sp³-hybridized carbons (Fsp3) is 0.208. The van der Waals surface area contributed by atoms with Crippen molar-refractivity contribution in [3.05, 3.63) is 72.2 Å². The zero-order valence-corrected chi connectivity index (χ0v) is 17.6. The first-order valence-electron chi connectivity index (χ1n) is 10.0. The number of nitrogens with one attached hydrogen (secondary N) is 1. The van der Waals surface area contributed by atoms with Gasteiger partial charge in [0.1, 0.15) is 0 Å². The summed E-state index contributed by atoms with van der Waals surface area (Å²) in [4.78, 5) is 40.9. The number of nitrogens with zero attached hydrogens (tertiary/aromatic N) is 2. The van der Waals surface area contributed by atoms with Crippen molar-refractivity contribution in [2.75, 3.05) is 23.4 Å². The van der Waals surface area contributed by atoms with Crippen molar-refractivity contribution in [2.45, 2.75) is 19.9 Å². The van der Waals surface area contributed by atoms with Gasteiger partial charge in [0.25, 0.3) is 11.8 Å². The predicted octanol–water partition coefficient (Wildman–Crippen LogP) is 3.71. The fourth-order valence-corrected chi connectivity index (χ4v) is 3.99. The molecule has 0 spiro atoms. The van der Waals surface area contributed by atoms with Crippen LogP contribution in [0.2, 0.25) is 0 Å². The number of anilines is 2. The van der Waals surface area contributed by atoms with E-state index in [0.717, 1.165) is 11.1 Å². The Labute approximate surface area is 180 Å². The van der Waals surface area contributed by atoms with Crippen LogP contribution in [0.3, 0.4) is 0 Å². The number of fused-ring (bicyclic) bond motifs is 1. The summed E-state index contributed by atoms with van der Waals surface area (Å²) in [6.45, 7) is 3.77. The maximum atomic E-state index is 13.2. The molecule has 0 radical (unpaired) electrons. The maximum absolute atomic E-state index is 13.2. The van der Waals surface area contributed by atoms with E-state index in [1.165, 1.54) is 13.2 Å². The second kappa shape index (κ2) is 8.10. The van der Waals surface area contributed by atoms with Gasteiger partial charge in [0.2, 0.25) is 5.91 Å². The molecule has 4 rings (SSSR count). The van der Waals surface area contributed by atoms with Crippen LogP contribution in [0.1, 0.15) is 34.8 Å². The molecule has 0 saturated carbocycles. The van der Waals surface area contributed by atoms with Gasteiger partial charge in [0.05, 0.1) is 23.7 Å². The molecular formula is C24H23N3O4. The van der Waals surface area contributed by atoms with Crippen molar-refractivity contribution in [3.8, 4) is 11.1 Å². The highest BCUT2D eigenvalue weighted by Gasteiger charge is 2.35. The molecule has 3 amide bonds. The number of hydrogen-bond acceptors (Lipinski definition) is 4. The fourth-order valence-electron chi connectivity index (χ4n) is 3.99. The van der Waals surface area contributed by atoms with Crippen molar-refractivity contribution in [1.82, 2.24) is 5.32 Å². The number of hydrogen-bond donors (Lipinski definition) is 1. The lowest BCUT2D eigenvalue weighted by molar-refractivity contribution is -0.117. The number of rotatable bonds is 3. The molecule has 0 saturated heterocycles. The average Bonchev–Trinajstić information content (AvgIpc) is 3.32. The van der Waals surface area contributed by atoms with E-state index in [9.17, 15) is 14.4 Å². The van der Waals surface area contributed by atoms with Gasteiger partial charge in [-0.05, 0) is 54.4 Å². The molecule has 0 fully saturated rings. The quantitative estimate of drug-likeness (QED) is 0.704. The van der Waals surface area contributed by atoms with Crippen LogP contribution in [0.25, 0.3) is 11.1 Å². The van der Waals surface area contributed by atoms with Gasteiger partial charge in [-0.15, -0.1) is 0 Å².